The van der Waals surface area contributed by atoms with Crippen LogP contribution in [0.4, 0.5) is 10.1 Å². The van der Waals surface area contributed by atoms with Crippen LogP contribution in [0.2, 0.25) is 0 Å². The average molecular weight is 240 g/mol. The van der Waals surface area contributed by atoms with E-state index in [0.29, 0.717) is 12.0 Å². The average Bonchev–Trinajstić information content (AvgIpc) is 2.41. The summed E-state index contributed by atoms with van der Waals surface area (Å²) in [4.78, 5) is 4.42. The summed E-state index contributed by atoms with van der Waals surface area (Å²) in [7, 11) is 0. The van der Waals surface area contributed by atoms with Gasteiger partial charge in [-0.25, -0.2) is 4.39 Å². The highest BCUT2D eigenvalue weighted by Crippen LogP contribution is 2.30. The Bertz CT molecular complexity index is 620. The number of hydrogen-bond acceptors (Lipinski definition) is 2. The fraction of sp³-hybridized carbons (Fsp3) is 0.133. The van der Waals surface area contributed by atoms with Gasteiger partial charge in [-0.2, -0.15) is 0 Å². The van der Waals surface area contributed by atoms with Crippen molar-refractivity contribution in [2.45, 2.75) is 12.5 Å². The van der Waals surface area contributed by atoms with Gasteiger partial charge in [-0.15, -0.1) is 0 Å². The highest BCUT2D eigenvalue weighted by Gasteiger charge is 2.20. The summed E-state index contributed by atoms with van der Waals surface area (Å²) in [5, 5.41) is 0. The van der Waals surface area contributed by atoms with E-state index >= 15 is 0 Å². The van der Waals surface area contributed by atoms with E-state index in [1.807, 2.05) is 24.4 Å². The molecule has 0 saturated heterocycles. The Morgan fingerprint density at radius 2 is 1.94 bits per heavy atom. The van der Waals surface area contributed by atoms with Gasteiger partial charge in [0.05, 0.1) is 11.7 Å². The first-order chi connectivity index (χ1) is 8.75. The minimum atomic E-state index is -0.348. The number of anilines is 1. The first kappa shape index (κ1) is 11.0. The van der Waals surface area contributed by atoms with Crippen molar-refractivity contribution in [3.63, 3.8) is 0 Å². The second-order valence-corrected chi connectivity index (χ2v) is 4.45. The number of benzene rings is 2. The van der Waals surface area contributed by atoms with E-state index in [0.717, 1.165) is 5.56 Å². The normalized spacial score (nSPS) is 17.5. The van der Waals surface area contributed by atoms with Gasteiger partial charge in [0.2, 0.25) is 0 Å². The number of hydrogen-bond donors (Lipinski definition) is 1. The van der Waals surface area contributed by atoms with Gasteiger partial charge in [0, 0.05) is 11.8 Å². The molecule has 3 heteroatoms. The molecule has 0 bridgehead atoms. The molecular weight excluding hydrogens is 227 g/mol. The Morgan fingerprint density at radius 3 is 2.83 bits per heavy atom. The number of rotatable bonds is 1. The van der Waals surface area contributed by atoms with Crippen LogP contribution in [0.3, 0.4) is 0 Å². The molecule has 0 spiro atoms. The van der Waals surface area contributed by atoms with Crippen molar-refractivity contribution >= 4 is 11.9 Å². The lowest BCUT2D eigenvalue weighted by Gasteiger charge is -2.20. The molecule has 0 aromatic heterocycles. The first-order valence-corrected chi connectivity index (χ1v) is 5.90. The summed E-state index contributed by atoms with van der Waals surface area (Å²) >= 11 is 0. The van der Waals surface area contributed by atoms with E-state index < -0.39 is 0 Å². The van der Waals surface area contributed by atoms with Crippen LogP contribution in [0.25, 0.3) is 0 Å². The lowest BCUT2D eigenvalue weighted by atomic mass is 9.93. The Morgan fingerprint density at radius 1 is 1.11 bits per heavy atom. The van der Waals surface area contributed by atoms with E-state index in [-0.39, 0.29) is 17.5 Å². The molecule has 1 heterocycles. The van der Waals surface area contributed by atoms with Gasteiger partial charge in [-0.3, -0.25) is 4.99 Å². The molecule has 18 heavy (non-hydrogen) atoms. The second-order valence-electron chi connectivity index (χ2n) is 4.45. The molecule has 90 valence electrons. The van der Waals surface area contributed by atoms with Crippen LogP contribution in [-0.4, -0.2) is 6.21 Å². The zero-order valence-electron chi connectivity index (χ0n) is 9.81. The van der Waals surface area contributed by atoms with E-state index in [9.17, 15) is 4.39 Å². The third-order valence-corrected chi connectivity index (χ3v) is 3.28. The standard InChI is InChI=1S/C15H13FN2/c16-15-12(6-3-7-13(15)17)14-8-10-4-1-2-5-11(10)9-18-14/h1-7,9,14H,8,17H2. The number of halogens is 1. The Kier molecular flexibility index (Phi) is 2.59. The Balaban J connectivity index is 2.00. The molecular formula is C15H13FN2. The quantitative estimate of drug-likeness (QED) is 0.764. The second kappa shape index (κ2) is 4.26. The predicted octanol–water partition coefficient (Wildman–Crippen LogP) is 3.12. The maximum absolute atomic E-state index is 14.0. The van der Waals surface area contributed by atoms with E-state index in [1.165, 1.54) is 5.56 Å². The van der Waals surface area contributed by atoms with Crippen LogP contribution in [-0.2, 0) is 6.42 Å². The smallest absolute Gasteiger partial charge is 0.151 e. The van der Waals surface area contributed by atoms with Gasteiger partial charge in [-0.1, -0.05) is 36.4 Å². The molecule has 0 aliphatic carbocycles. The van der Waals surface area contributed by atoms with Crippen molar-refractivity contribution in [1.29, 1.82) is 0 Å². The van der Waals surface area contributed by atoms with Crippen molar-refractivity contribution in [1.82, 2.24) is 0 Å². The fourth-order valence-electron chi connectivity index (χ4n) is 2.29. The number of nitrogens with two attached hydrogens (primary N) is 1. The molecule has 1 aliphatic heterocycles. The zero-order chi connectivity index (χ0) is 12.5. The van der Waals surface area contributed by atoms with Crippen LogP contribution >= 0.6 is 0 Å². The molecule has 1 unspecified atom stereocenters. The van der Waals surface area contributed by atoms with Gasteiger partial charge >= 0.3 is 0 Å². The fourth-order valence-corrected chi connectivity index (χ4v) is 2.29. The van der Waals surface area contributed by atoms with Crippen LogP contribution in [0.5, 0.6) is 0 Å². The Labute approximate surface area is 105 Å². The molecule has 0 saturated carbocycles. The molecule has 1 aliphatic rings. The molecule has 0 fully saturated rings. The number of nitrogens with zero attached hydrogens (tertiary/aromatic N) is 1. The minimum Gasteiger partial charge on any atom is -0.396 e. The molecule has 2 N–H and O–H groups in total. The lowest BCUT2D eigenvalue weighted by Crippen LogP contribution is -2.10. The van der Waals surface area contributed by atoms with E-state index in [4.69, 9.17) is 5.73 Å². The summed E-state index contributed by atoms with van der Waals surface area (Å²) < 4.78 is 14.0. The molecule has 2 aromatic carbocycles. The van der Waals surface area contributed by atoms with Crippen molar-refractivity contribution in [3.8, 4) is 0 Å². The number of nitrogen functional groups attached to an aromatic ring is 1. The van der Waals surface area contributed by atoms with Crippen LogP contribution in [0, 0.1) is 5.82 Å². The summed E-state index contributed by atoms with van der Waals surface area (Å²) in [6, 6.07) is 13.0. The number of fused-ring (bicyclic) bond motifs is 1. The van der Waals surface area contributed by atoms with Gasteiger partial charge in [-0.05, 0) is 23.6 Å². The largest absolute Gasteiger partial charge is 0.396 e. The Hall–Kier alpha value is -2.16. The topological polar surface area (TPSA) is 38.4 Å². The predicted molar refractivity (Wildman–Crippen MR) is 71.3 cm³/mol. The summed E-state index contributed by atoms with van der Waals surface area (Å²) in [5.41, 5.74) is 8.65. The van der Waals surface area contributed by atoms with Crippen molar-refractivity contribution in [2.24, 2.45) is 4.99 Å². The summed E-state index contributed by atoms with van der Waals surface area (Å²) in [5.74, 6) is -0.348. The van der Waals surface area contributed by atoms with Gasteiger partial charge in [0.25, 0.3) is 0 Å². The van der Waals surface area contributed by atoms with E-state index in [2.05, 4.69) is 11.1 Å². The monoisotopic (exact) mass is 240 g/mol. The maximum Gasteiger partial charge on any atom is 0.151 e. The van der Waals surface area contributed by atoms with Crippen molar-refractivity contribution < 1.29 is 4.39 Å². The zero-order valence-corrected chi connectivity index (χ0v) is 9.81. The SMILES string of the molecule is Nc1cccc(C2Cc3ccccc3C=N2)c1F. The maximum atomic E-state index is 14.0. The highest BCUT2D eigenvalue weighted by atomic mass is 19.1. The first-order valence-electron chi connectivity index (χ1n) is 5.90. The van der Waals surface area contributed by atoms with E-state index in [1.54, 1.807) is 18.2 Å². The lowest BCUT2D eigenvalue weighted by molar-refractivity contribution is 0.584. The van der Waals surface area contributed by atoms with Crippen LogP contribution < -0.4 is 5.73 Å². The molecule has 3 rings (SSSR count). The molecule has 2 aromatic rings. The summed E-state index contributed by atoms with van der Waals surface area (Å²) in [6.07, 6.45) is 2.53. The van der Waals surface area contributed by atoms with Gasteiger partial charge in [0.15, 0.2) is 5.82 Å². The number of aliphatic imine (C=N–C) groups is 1. The molecule has 0 amide bonds. The highest BCUT2D eigenvalue weighted by molar-refractivity contribution is 5.83. The molecule has 0 radical (unpaired) electrons. The van der Waals surface area contributed by atoms with Gasteiger partial charge < -0.3 is 5.73 Å². The van der Waals surface area contributed by atoms with Crippen LogP contribution in [0.1, 0.15) is 22.7 Å². The summed E-state index contributed by atoms with van der Waals surface area (Å²) in [6.45, 7) is 0. The molecule has 1 atom stereocenters. The minimum absolute atomic E-state index is 0.177. The van der Waals surface area contributed by atoms with Crippen LogP contribution in [0.15, 0.2) is 47.5 Å². The van der Waals surface area contributed by atoms with Gasteiger partial charge in [0.1, 0.15) is 0 Å². The van der Waals surface area contributed by atoms with Crippen molar-refractivity contribution in [2.75, 3.05) is 5.73 Å². The van der Waals surface area contributed by atoms with Crippen molar-refractivity contribution in [3.05, 3.63) is 65.0 Å². The molecule has 2 nitrogen and oxygen atoms in total. The third kappa shape index (κ3) is 1.78. The third-order valence-electron chi connectivity index (χ3n) is 3.28.